The fourth-order valence-corrected chi connectivity index (χ4v) is 3.30. The van der Waals surface area contributed by atoms with Gasteiger partial charge in [0.05, 0.1) is 18.8 Å². The molecule has 0 bridgehead atoms. The molecule has 0 saturated heterocycles. The first kappa shape index (κ1) is 16.9. The van der Waals surface area contributed by atoms with E-state index in [4.69, 9.17) is 9.84 Å². The van der Waals surface area contributed by atoms with Gasteiger partial charge in [0.2, 0.25) is 5.91 Å². The van der Waals surface area contributed by atoms with Crippen molar-refractivity contribution in [2.75, 3.05) is 7.11 Å². The summed E-state index contributed by atoms with van der Waals surface area (Å²) < 4.78 is 6.42. The molecule has 2 aromatic rings. The molecule has 1 heterocycles. The van der Waals surface area contributed by atoms with Gasteiger partial charge in [0.25, 0.3) is 0 Å². The maximum absolute atomic E-state index is 12.5. The monoisotopic (exact) mass is 344 g/mol. The van der Waals surface area contributed by atoms with Crippen LogP contribution >= 0.6 is 0 Å². The number of carbonyl (C=O) groups is 2. The predicted octanol–water partition coefficient (Wildman–Crippen LogP) is 1.57. The molecule has 0 aliphatic heterocycles. The zero-order valence-electron chi connectivity index (χ0n) is 13.9. The van der Waals surface area contributed by atoms with E-state index < -0.39 is 11.5 Å². The van der Waals surface area contributed by atoms with Crippen LogP contribution in [0, 0.1) is 0 Å². The first-order chi connectivity index (χ1) is 12.0. The minimum atomic E-state index is -1.17. The van der Waals surface area contributed by atoms with E-state index in [0.717, 1.165) is 37.0 Å². The first-order valence-electron chi connectivity index (χ1n) is 8.11. The summed E-state index contributed by atoms with van der Waals surface area (Å²) in [6.45, 7) is -0.0712. The highest BCUT2D eigenvalue weighted by Crippen LogP contribution is 2.39. The van der Waals surface area contributed by atoms with Gasteiger partial charge in [-0.1, -0.05) is 30.2 Å². The van der Waals surface area contributed by atoms with E-state index in [-0.39, 0.29) is 18.1 Å². The third-order valence-electron chi connectivity index (χ3n) is 4.54. The third kappa shape index (κ3) is 3.62. The molecular weight excluding hydrogens is 324 g/mol. The van der Waals surface area contributed by atoms with Gasteiger partial charge in [0.1, 0.15) is 12.3 Å². The average molecular weight is 344 g/mol. The zero-order valence-corrected chi connectivity index (χ0v) is 13.9. The van der Waals surface area contributed by atoms with Gasteiger partial charge in [0, 0.05) is 0 Å². The zero-order chi connectivity index (χ0) is 17.9. The van der Waals surface area contributed by atoms with Gasteiger partial charge in [-0.2, -0.15) is 0 Å². The van der Waals surface area contributed by atoms with E-state index in [2.05, 4.69) is 15.6 Å². The maximum Gasteiger partial charge on any atom is 0.358 e. The van der Waals surface area contributed by atoms with E-state index in [0.29, 0.717) is 0 Å². The smallest absolute Gasteiger partial charge is 0.358 e. The van der Waals surface area contributed by atoms with Crippen LogP contribution in [0.5, 0.6) is 5.75 Å². The quantitative estimate of drug-likeness (QED) is 0.824. The Bertz CT molecular complexity index is 763. The lowest BCUT2D eigenvalue weighted by Gasteiger charge is -2.31. The van der Waals surface area contributed by atoms with Crippen LogP contribution in [0.25, 0.3) is 0 Å². The second-order valence-corrected chi connectivity index (χ2v) is 6.17. The number of carbonyl (C=O) groups excluding carboxylic acids is 1. The van der Waals surface area contributed by atoms with Crippen molar-refractivity contribution in [2.45, 2.75) is 37.8 Å². The number of nitrogens with zero attached hydrogens (tertiary/aromatic N) is 3. The van der Waals surface area contributed by atoms with Gasteiger partial charge in [-0.3, -0.25) is 4.79 Å². The standard InChI is InChI=1S/C17H20N4O4/c1-25-13-6-4-12(5-7-13)17(8-2-3-9-17)18-15(22)11-21-10-14(16(23)24)19-20-21/h4-7,10H,2-3,8-9,11H2,1H3,(H,18,22)(H,23,24). The summed E-state index contributed by atoms with van der Waals surface area (Å²) >= 11 is 0. The van der Waals surface area contributed by atoms with Crippen LogP contribution in [0.15, 0.2) is 30.5 Å². The summed E-state index contributed by atoms with van der Waals surface area (Å²) in [4.78, 5) is 23.3. The predicted molar refractivity (Wildman–Crippen MR) is 88.3 cm³/mol. The SMILES string of the molecule is COc1ccc(C2(NC(=O)Cn3cc(C(=O)O)nn3)CCCC2)cc1. The van der Waals surface area contributed by atoms with Gasteiger partial charge in [-0.25, -0.2) is 9.48 Å². The van der Waals surface area contributed by atoms with Crippen molar-refractivity contribution in [1.82, 2.24) is 20.3 Å². The van der Waals surface area contributed by atoms with Crippen LogP contribution in [0.3, 0.4) is 0 Å². The topological polar surface area (TPSA) is 106 Å². The van der Waals surface area contributed by atoms with Crippen molar-refractivity contribution in [3.63, 3.8) is 0 Å². The molecule has 1 aliphatic carbocycles. The Morgan fingerprint density at radius 2 is 1.96 bits per heavy atom. The van der Waals surface area contributed by atoms with Gasteiger partial charge in [0.15, 0.2) is 5.69 Å². The molecule has 1 saturated carbocycles. The molecule has 0 unspecified atom stereocenters. The fourth-order valence-electron chi connectivity index (χ4n) is 3.30. The number of aromatic carboxylic acids is 1. The molecule has 3 rings (SSSR count). The highest BCUT2D eigenvalue weighted by Gasteiger charge is 2.37. The van der Waals surface area contributed by atoms with Gasteiger partial charge in [-0.15, -0.1) is 5.10 Å². The summed E-state index contributed by atoms with van der Waals surface area (Å²) in [6, 6.07) is 7.72. The molecule has 8 heteroatoms. The Hall–Kier alpha value is -2.90. The molecule has 1 fully saturated rings. The van der Waals surface area contributed by atoms with Crippen molar-refractivity contribution in [1.29, 1.82) is 0 Å². The van der Waals surface area contributed by atoms with E-state index in [1.165, 1.54) is 10.9 Å². The highest BCUT2D eigenvalue weighted by molar-refractivity contribution is 5.84. The second-order valence-electron chi connectivity index (χ2n) is 6.17. The summed E-state index contributed by atoms with van der Waals surface area (Å²) in [6.07, 6.45) is 5.06. The summed E-state index contributed by atoms with van der Waals surface area (Å²) in [7, 11) is 1.62. The van der Waals surface area contributed by atoms with Crippen molar-refractivity contribution in [2.24, 2.45) is 0 Å². The van der Waals surface area contributed by atoms with Crippen LogP contribution in [0.1, 0.15) is 41.7 Å². The van der Waals surface area contributed by atoms with Crippen LogP contribution in [-0.2, 0) is 16.9 Å². The fraction of sp³-hybridized carbons (Fsp3) is 0.412. The van der Waals surface area contributed by atoms with E-state index in [1.807, 2.05) is 24.3 Å². The lowest BCUT2D eigenvalue weighted by Crippen LogP contribution is -2.45. The normalized spacial score (nSPS) is 15.7. The van der Waals surface area contributed by atoms with Crippen molar-refractivity contribution in [3.8, 4) is 5.75 Å². The molecule has 1 amide bonds. The Morgan fingerprint density at radius 3 is 2.52 bits per heavy atom. The van der Waals surface area contributed by atoms with E-state index in [1.54, 1.807) is 7.11 Å². The van der Waals surface area contributed by atoms with Crippen molar-refractivity contribution < 1.29 is 19.4 Å². The van der Waals surface area contributed by atoms with Gasteiger partial charge in [-0.05, 0) is 30.5 Å². The number of hydrogen-bond acceptors (Lipinski definition) is 5. The first-order valence-corrected chi connectivity index (χ1v) is 8.11. The van der Waals surface area contributed by atoms with Crippen LogP contribution in [-0.4, -0.2) is 39.1 Å². The molecule has 1 aliphatic rings. The number of carboxylic acids is 1. The Labute approximate surface area is 144 Å². The lowest BCUT2D eigenvalue weighted by molar-refractivity contribution is -0.124. The maximum atomic E-state index is 12.5. The van der Waals surface area contributed by atoms with E-state index >= 15 is 0 Å². The number of benzene rings is 1. The number of methoxy groups -OCH3 is 1. The van der Waals surface area contributed by atoms with Gasteiger partial charge < -0.3 is 15.2 Å². The van der Waals surface area contributed by atoms with Crippen LogP contribution < -0.4 is 10.1 Å². The molecule has 0 radical (unpaired) electrons. The molecular formula is C17H20N4O4. The third-order valence-corrected chi connectivity index (χ3v) is 4.54. The molecule has 1 aromatic heterocycles. The Morgan fingerprint density at radius 1 is 1.28 bits per heavy atom. The molecule has 132 valence electrons. The molecule has 25 heavy (non-hydrogen) atoms. The second kappa shape index (κ2) is 6.92. The summed E-state index contributed by atoms with van der Waals surface area (Å²) in [5, 5.41) is 19.2. The number of amides is 1. The van der Waals surface area contributed by atoms with Crippen LogP contribution in [0.4, 0.5) is 0 Å². The number of ether oxygens (including phenoxy) is 1. The molecule has 8 nitrogen and oxygen atoms in total. The average Bonchev–Trinajstić information content (AvgIpc) is 3.25. The number of carboxylic acid groups (broad SMARTS) is 1. The van der Waals surface area contributed by atoms with Crippen molar-refractivity contribution in [3.05, 3.63) is 41.7 Å². The Balaban J connectivity index is 1.74. The van der Waals surface area contributed by atoms with Crippen LogP contribution in [0.2, 0.25) is 0 Å². The number of aromatic nitrogens is 3. The number of hydrogen-bond donors (Lipinski definition) is 2. The molecule has 1 aromatic carbocycles. The minimum absolute atomic E-state index is 0.0712. The van der Waals surface area contributed by atoms with Gasteiger partial charge >= 0.3 is 5.97 Å². The Kier molecular flexibility index (Phi) is 4.69. The number of rotatable bonds is 6. The van der Waals surface area contributed by atoms with Crippen molar-refractivity contribution >= 4 is 11.9 Å². The molecule has 0 atom stereocenters. The summed E-state index contributed by atoms with van der Waals surface area (Å²) in [5.41, 5.74) is 0.460. The highest BCUT2D eigenvalue weighted by atomic mass is 16.5. The largest absolute Gasteiger partial charge is 0.497 e. The number of nitrogens with one attached hydrogen (secondary N) is 1. The molecule has 0 spiro atoms. The summed E-state index contributed by atoms with van der Waals surface area (Å²) in [5.74, 6) is -0.622. The van der Waals surface area contributed by atoms with E-state index in [9.17, 15) is 9.59 Å². The minimum Gasteiger partial charge on any atom is -0.497 e. The molecule has 2 N–H and O–H groups in total. The lowest BCUT2D eigenvalue weighted by atomic mass is 9.88.